The maximum Gasteiger partial charge on any atom is 0.124 e. The summed E-state index contributed by atoms with van der Waals surface area (Å²) in [6.07, 6.45) is 0. The SMILES string of the molecule is CC(C)[C@@H](CO)Nc1ccc(F)cc1C#N. The van der Waals surface area contributed by atoms with Gasteiger partial charge in [0.15, 0.2) is 0 Å². The van der Waals surface area contributed by atoms with E-state index in [1.54, 1.807) is 0 Å². The molecule has 86 valence electrons. The van der Waals surface area contributed by atoms with Crippen molar-refractivity contribution in [3.63, 3.8) is 0 Å². The summed E-state index contributed by atoms with van der Waals surface area (Å²) in [5, 5.41) is 21.0. The van der Waals surface area contributed by atoms with E-state index >= 15 is 0 Å². The third kappa shape index (κ3) is 2.94. The van der Waals surface area contributed by atoms with E-state index in [1.165, 1.54) is 18.2 Å². The smallest absolute Gasteiger partial charge is 0.124 e. The largest absolute Gasteiger partial charge is 0.394 e. The number of nitrogens with zero attached hydrogens (tertiary/aromatic N) is 1. The fraction of sp³-hybridized carbons (Fsp3) is 0.417. The van der Waals surface area contributed by atoms with E-state index in [9.17, 15) is 4.39 Å². The summed E-state index contributed by atoms with van der Waals surface area (Å²) in [4.78, 5) is 0. The van der Waals surface area contributed by atoms with Crippen molar-refractivity contribution in [2.45, 2.75) is 19.9 Å². The lowest BCUT2D eigenvalue weighted by Gasteiger charge is -2.21. The Kier molecular flexibility index (Phi) is 4.27. The molecular formula is C12H15FN2O. The molecule has 4 heteroatoms. The minimum absolute atomic E-state index is 0.0279. The van der Waals surface area contributed by atoms with Crippen molar-refractivity contribution >= 4 is 5.69 Å². The molecular weight excluding hydrogens is 207 g/mol. The number of hydrogen-bond donors (Lipinski definition) is 2. The Morgan fingerprint density at radius 2 is 2.19 bits per heavy atom. The zero-order valence-electron chi connectivity index (χ0n) is 9.37. The van der Waals surface area contributed by atoms with Crippen molar-refractivity contribution < 1.29 is 9.50 Å². The Morgan fingerprint density at radius 3 is 2.69 bits per heavy atom. The Balaban J connectivity index is 2.92. The molecule has 0 aliphatic heterocycles. The fourth-order valence-corrected chi connectivity index (χ4v) is 1.36. The average Bonchev–Trinajstić information content (AvgIpc) is 2.26. The summed E-state index contributed by atoms with van der Waals surface area (Å²) in [5.41, 5.74) is 0.802. The molecule has 0 aliphatic rings. The second-order valence-corrected chi connectivity index (χ2v) is 3.98. The van der Waals surface area contributed by atoms with Crippen LogP contribution in [-0.2, 0) is 0 Å². The minimum Gasteiger partial charge on any atom is -0.394 e. The van der Waals surface area contributed by atoms with Crippen LogP contribution in [0.1, 0.15) is 19.4 Å². The number of anilines is 1. The summed E-state index contributed by atoms with van der Waals surface area (Å²) >= 11 is 0. The maximum atomic E-state index is 12.9. The number of halogens is 1. The number of hydrogen-bond acceptors (Lipinski definition) is 3. The molecule has 0 amide bonds. The summed E-state index contributed by atoms with van der Waals surface area (Å²) < 4.78 is 12.9. The van der Waals surface area contributed by atoms with E-state index < -0.39 is 5.82 Å². The fourth-order valence-electron chi connectivity index (χ4n) is 1.36. The molecule has 0 saturated carbocycles. The highest BCUT2D eigenvalue weighted by atomic mass is 19.1. The summed E-state index contributed by atoms with van der Waals surface area (Å²) in [6.45, 7) is 3.90. The van der Waals surface area contributed by atoms with Gasteiger partial charge in [0.2, 0.25) is 0 Å². The number of aliphatic hydroxyl groups excluding tert-OH is 1. The Morgan fingerprint density at radius 1 is 1.50 bits per heavy atom. The van der Waals surface area contributed by atoms with Gasteiger partial charge in [0.1, 0.15) is 11.9 Å². The van der Waals surface area contributed by atoms with Crippen molar-refractivity contribution in [2.75, 3.05) is 11.9 Å². The number of rotatable bonds is 4. The highest BCUT2D eigenvalue weighted by molar-refractivity contribution is 5.58. The molecule has 0 radical (unpaired) electrons. The molecule has 1 aromatic carbocycles. The van der Waals surface area contributed by atoms with Crippen LogP contribution >= 0.6 is 0 Å². The standard InChI is InChI=1S/C12H15FN2O/c1-8(2)12(7-16)15-11-4-3-10(13)5-9(11)6-14/h3-5,8,12,15-16H,7H2,1-2H3/t12-/m1/s1. The van der Waals surface area contributed by atoms with Crippen LogP contribution in [-0.4, -0.2) is 17.8 Å². The van der Waals surface area contributed by atoms with Crippen LogP contribution in [0.5, 0.6) is 0 Å². The third-order valence-electron chi connectivity index (χ3n) is 2.44. The molecule has 0 aliphatic carbocycles. The van der Waals surface area contributed by atoms with Crippen LogP contribution in [0.4, 0.5) is 10.1 Å². The molecule has 1 atom stereocenters. The van der Waals surface area contributed by atoms with Gasteiger partial charge in [-0.1, -0.05) is 13.8 Å². The number of benzene rings is 1. The Bertz CT molecular complexity index is 398. The zero-order chi connectivity index (χ0) is 12.1. The molecule has 0 unspecified atom stereocenters. The molecule has 2 N–H and O–H groups in total. The first-order chi connectivity index (χ1) is 7.58. The van der Waals surface area contributed by atoms with E-state index in [4.69, 9.17) is 10.4 Å². The highest BCUT2D eigenvalue weighted by Gasteiger charge is 2.13. The number of nitriles is 1. The second kappa shape index (κ2) is 5.47. The predicted molar refractivity (Wildman–Crippen MR) is 60.4 cm³/mol. The first kappa shape index (κ1) is 12.5. The van der Waals surface area contributed by atoms with Gasteiger partial charge in [-0.25, -0.2) is 4.39 Å². The lowest BCUT2D eigenvalue weighted by Crippen LogP contribution is -2.29. The van der Waals surface area contributed by atoms with Crippen molar-refractivity contribution in [3.8, 4) is 6.07 Å². The van der Waals surface area contributed by atoms with Crippen LogP contribution < -0.4 is 5.32 Å². The van der Waals surface area contributed by atoms with E-state index in [2.05, 4.69) is 5.32 Å². The first-order valence-corrected chi connectivity index (χ1v) is 5.15. The predicted octanol–water partition coefficient (Wildman–Crippen LogP) is 2.13. The normalized spacial score (nSPS) is 12.2. The van der Waals surface area contributed by atoms with Gasteiger partial charge in [-0.3, -0.25) is 0 Å². The Labute approximate surface area is 94.5 Å². The summed E-state index contributed by atoms with van der Waals surface area (Å²) in [7, 11) is 0. The Hall–Kier alpha value is -1.60. The van der Waals surface area contributed by atoms with E-state index in [1.807, 2.05) is 19.9 Å². The third-order valence-corrected chi connectivity index (χ3v) is 2.44. The lowest BCUT2D eigenvalue weighted by molar-refractivity contribution is 0.249. The van der Waals surface area contributed by atoms with Crippen molar-refractivity contribution in [3.05, 3.63) is 29.6 Å². The van der Waals surface area contributed by atoms with Crippen LogP contribution in [0.3, 0.4) is 0 Å². The van der Waals surface area contributed by atoms with Gasteiger partial charge in [0.05, 0.1) is 23.9 Å². The van der Waals surface area contributed by atoms with Gasteiger partial charge in [-0.05, 0) is 24.1 Å². The summed E-state index contributed by atoms with van der Waals surface area (Å²) in [5.74, 6) is -0.214. The van der Waals surface area contributed by atoms with Crippen molar-refractivity contribution in [1.29, 1.82) is 5.26 Å². The molecule has 1 aromatic rings. The van der Waals surface area contributed by atoms with Crippen LogP contribution in [0.2, 0.25) is 0 Å². The zero-order valence-corrected chi connectivity index (χ0v) is 9.37. The van der Waals surface area contributed by atoms with Crippen LogP contribution in [0.25, 0.3) is 0 Å². The van der Waals surface area contributed by atoms with Gasteiger partial charge in [0.25, 0.3) is 0 Å². The van der Waals surface area contributed by atoms with Crippen LogP contribution in [0, 0.1) is 23.1 Å². The quantitative estimate of drug-likeness (QED) is 0.820. The topological polar surface area (TPSA) is 56.0 Å². The molecule has 0 fully saturated rings. The van der Waals surface area contributed by atoms with Gasteiger partial charge in [0, 0.05) is 0 Å². The van der Waals surface area contributed by atoms with Crippen molar-refractivity contribution in [1.82, 2.24) is 0 Å². The minimum atomic E-state index is -0.438. The second-order valence-electron chi connectivity index (χ2n) is 3.98. The van der Waals surface area contributed by atoms with E-state index in [-0.39, 0.29) is 24.1 Å². The van der Waals surface area contributed by atoms with Gasteiger partial charge < -0.3 is 10.4 Å². The van der Waals surface area contributed by atoms with Gasteiger partial charge in [-0.15, -0.1) is 0 Å². The molecule has 0 saturated heterocycles. The van der Waals surface area contributed by atoms with Gasteiger partial charge in [-0.2, -0.15) is 5.26 Å². The molecule has 0 aromatic heterocycles. The maximum absolute atomic E-state index is 12.9. The van der Waals surface area contributed by atoms with E-state index in [0.29, 0.717) is 5.69 Å². The average molecular weight is 222 g/mol. The molecule has 3 nitrogen and oxygen atoms in total. The molecule has 1 rings (SSSR count). The lowest BCUT2D eigenvalue weighted by atomic mass is 10.0. The molecule has 0 spiro atoms. The monoisotopic (exact) mass is 222 g/mol. The van der Waals surface area contributed by atoms with Crippen molar-refractivity contribution in [2.24, 2.45) is 5.92 Å². The molecule has 0 heterocycles. The van der Waals surface area contributed by atoms with Gasteiger partial charge >= 0.3 is 0 Å². The number of aliphatic hydroxyl groups is 1. The molecule has 0 bridgehead atoms. The van der Waals surface area contributed by atoms with E-state index in [0.717, 1.165) is 0 Å². The highest BCUT2D eigenvalue weighted by Crippen LogP contribution is 2.18. The molecule has 16 heavy (non-hydrogen) atoms. The van der Waals surface area contributed by atoms with Crippen LogP contribution in [0.15, 0.2) is 18.2 Å². The summed E-state index contributed by atoms with van der Waals surface area (Å²) in [6, 6.07) is 5.76. The first-order valence-electron chi connectivity index (χ1n) is 5.15. The number of nitrogens with one attached hydrogen (secondary N) is 1.